The number of aromatic nitrogens is 3. The zero-order valence-corrected chi connectivity index (χ0v) is 16.9. The quantitative estimate of drug-likeness (QED) is 0.866. The van der Waals surface area contributed by atoms with E-state index in [9.17, 15) is 4.79 Å². The lowest BCUT2D eigenvalue weighted by molar-refractivity contribution is 0.0804. The molecular weight excluding hydrogens is 360 g/mol. The first kappa shape index (κ1) is 18.6. The Morgan fingerprint density at radius 3 is 2.56 bits per heavy atom. The highest BCUT2D eigenvalue weighted by atomic mass is 32.1. The average molecular weight is 389 g/mol. The number of likely N-dealkylation sites (tertiary alicyclic amines) is 2. The third kappa shape index (κ3) is 4.39. The van der Waals surface area contributed by atoms with Gasteiger partial charge in [-0.2, -0.15) is 5.10 Å². The third-order valence-electron chi connectivity index (χ3n) is 5.76. The molecule has 2 aliphatic rings. The smallest absolute Gasteiger partial charge is 0.270 e. The maximum Gasteiger partial charge on any atom is 0.270 e. The van der Waals surface area contributed by atoms with Crippen molar-refractivity contribution in [3.05, 3.63) is 23.5 Å². The number of hydrogen-bond donors (Lipinski definition) is 1. The Morgan fingerprint density at radius 2 is 1.89 bits per heavy atom. The van der Waals surface area contributed by atoms with Crippen molar-refractivity contribution in [2.24, 2.45) is 7.05 Å². The number of nitrogens with one attached hydrogen (secondary N) is 1. The molecule has 4 heterocycles. The van der Waals surface area contributed by atoms with Gasteiger partial charge in [0.2, 0.25) is 0 Å². The standard InChI is InChI=1S/C19H28N6OS/c1-23-7-5-16(6-8-23)25-9-3-15(4-10-25)21-18(26)17-13-27-19(22-17)14-11-20-24(2)12-14/h11-13,15-16H,3-10H2,1-2H3,(H,21,26). The normalized spacial score (nSPS) is 20.8. The second kappa shape index (κ2) is 8.08. The number of hydrogen-bond acceptors (Lipinski definition) is 6. The SMILES string of the molecule is CN1CCC(N2CCC(NC(=O)c3csc(-c4cnn(C)c4)n3)CC2)CC1. The average Bonchev–Trinajstić information content (AvgIpc) is 3.32. The number of rotatable bonds is 4. The van der Waals surface area contributed by atoms with Crippen molar-refractivity contribution in [3.63, 3.8) is 0 Å². The maximum absolute atomic E-state index is 12.6. The number of amides is 1. The van der Waals surface area contributed by atoms with Gasteiger partial charge in [0.15, 0.2) is 0 Å². The predicted octanol–water partition coefficient (Wildman–Crippen LogP) is 1.83. The van der Waals surface area contributed by atoms with E-state index in [4.69, 9.17) is 0 Å². The molecule has 0 saturated carbocycles. The number of aryl methyl sites for hydroxylation is 1. The highest BCUT2D eigenvalue weighted by Gasteiger charge is 2.28. The molecule has 1 N–H and O–H groups in total. The first-order chi connectivity index (χ1) is 13.1. The molecule has 8 heteroatoms. The summed E-state index contributed by atoms with van der Waals surface area (Å²) in [6.07, 6.45) is 8.28. The van der Waals surface area contributed by atoms with E-state index >= 15 is 0 Å². The monoisotopic (exact) mass is 388 g/mol. The Bertz CT molecular complexity index is 771. The molecule has 0 radical (unpaired) electrons. The number of nitrogens with zero attached hydrogens (tertiary/aromatic N) is 5. The van der Waals surface area contributed by atoms with Crippen molar-refractivity contribution in [1.82, 2.24) is 29.9 Å². The van der Waals surface area contributed by atoms with Gasteiger partial charge in [-0.25, -0.2) is 4.98 Å². The zero-order chi connectivity index (χ0) is 18.8. The van der Waals surface area contributed by atoms with Crippen molar-refractivity contribution in [2.75, 3.05) is 33.2 Å². The summed E-state index contributed by atoms with van der Waals surface area (Å²) in [7, 11) is 4.08. The lowest BCUT2D eigenvalue weighted by Gasteiger charge is -2.41. The molecule has 0 spiro atoms. The number of piperidine rings is 2. The molecular formula is C19H28N6OS. The Morgan fingerprint density at radius 1 is 1.15 bits per heavy atom. The van der Waals surface area contributed by atoms with Crippen molar-refractivity contribution in [1.29, 1.82) is 0 Å². The number of carbonyl (C=O) groups excluding carboxylic acids is 1. The van der Waals surface area contributed by atoms with Crippen LogP contribution in [0, 0.1) is 0 Å². The van der Waals surface area contributed by atoms with E-state index in [-0.39, 0.29) is 11.9 Å². The van der Waals surface area contributed by atoms with Gasteiger partial charge in [0.1, 0.15) is 10.7 Å². The van der Waals surface area contributed by atoms with E-state index in [1.165, 1.54) is 37.3 Å². The maximum atomic E-state index is 12.6. The van der Waals surface area contributed by atoms with E-state index in [2.05, 4.69) is 32.2 Å². The lowest BCUT2D eigenvalue weighted by Crippen LogP contribution is -2.50. The summed E-state index contributed by atoms with van der Waals surface area (Å²) in [6.45, 7) is 4.56. The van der Waals surface area contributed by atoms with E-state index < -0.39 is 0 Å². The van der Waals surface area contributed by atoms with Gasteiger partial charge in [-0.15, -0.1) is 11.3 Å². The van der Waals surface area contributed by atoms with Crippen molar-refractivity contribution in [3.8, 4) is 10.6 Å². The molecule has 2 aromatic rings. The summed E-state index contributed by atoms with van der Waals surface area (Å²) in [6, 6.07) is 0.974. The van der Waals surface area contributed by atoms with Gasteiger partial charge in [0.05, 0.1) is 6.20 Å². The second-order valence-corrected chi connectivity index (χ2v) is 8.62. The summed E-state index contributed by atoms with van der Waals surface area (Å²) in [5.41, 5.74) is 1.46. The van der Waals surface area contributed by atoms with Crippen LogP contribution in [0.3, 0.4) is 0 Å². The molecule has 2 saturated heterocycles. The Balaban J connectivity index is 1.28. The molecule has 1 amide bonds. The molecule has 27 heavy (non-hydrogen) atoms. The molecule has 0 unspecified atom stereocenters. The Hall–Kier alpha value is -1.77. The van der Waals surface area contributed by atoms with E-state index in [0.717, 1.165) is 42.5 Å². The minimum atomic E-state index is -0.0564. The third-order valence-corrected chi connectivity index (χ3v) is 6.65. The van der Waals surface area contributed by atoms with Crippen LogP contribution in [0.15, 0.2) is 17.8 Å². The van der Waals surface area contributed by atoms with Crippen molar-refractivity contribution in [2.45, 2.75) is 37.8 Å². The summed E-state index contributed by atoms with van der Waals surface area (Å²) < 4.78 is 1.74. The molecule has 0 aromatic carbocycles. The predicted molar refractivity (Wildman–Crippen MR) is 107 cm³/mol. The van der Waals surface area contributed by atoms with Gasteiger partial charge < -0.3 is 15.1 Å². The molecule has 0 aliphatic carbocycles. The van der Waals surface area contributed by atoms with E-state index in [0.29, 0.717) is 5.69 Å². The highest BCUT2D eigenvalue weighted by molar-refractivity contribution is 7.13. The molecule has 2 aromatic heterocycles. The molecule has 4 rings (SSSR count). The van der Waals surface area contributed by atoms with Crippen LogP contribution in [0.5, 0.6) is 0 Å². The number of carbonyl (C=O) groups is 1. The van der Waals surface area contributed by atoms with Gasteiger partial charge in [0.25, 0.3) is 5.91 Å². The van der Waals surface area contributed by atoms with Crippen LogP contribution in [-0.4, -0.2) is 75.8 Å². The summed E-state index contributed by atoms with van der Waals surface area (Å²) in [5.74, 6) is -0.0564. The molecule has 146 valence electrons. The van der Waals surface area contributed by atoms with Crippen molar-refractivity contribution < 1.29 is 4.79 Å². The fraction of sp³-hybridized carbons (Fsp3) is 0.632. The minimum Gasteiger partial charge on any atom is -0.348 e. The molecule has 0 atom stereocenters. The van der Waals surface area contributed by atoms with Crippen LogP contribution in [-0.2, 0) is 7.05 Å². The van der Waals surface area contributed by atoms with Gasteiger partial charge >= 0.3 is 0 Å². The van der Waals surface area contributed by atoms with Crippen LogP contribution in [0.4, 0.5) is 0 Å². The largest absolute Gasteiger partial charge is 0.348 e. The van der Waals surface area contributed by atoms with E-state index in [1.807, 2.05) is 18.6 Å². The highest BCUT2D eigenvalue weighted by Crippen LogP contribution is 2.24. The first-order valence-corrected chi connectivity index (χ1v) is 10.6. The first-order valence-electron chi connectivity index (χ1n) is 9.76. The van der Waals surface area contributed by atoms with E-state index in [1.54, 1.807) is 10.9 Å². The Kier molecular flexibility index (Phi) is 5.56. The van der Waals surface area contributed by atoms with Gasteiger partial charge in [0, 0.05) is 49.4 Å². The van der Waals surface area contributed by atoms with Gasteiger partial charge in [-0.1, -0.05) is 0 Å². The second-order valence-electron chi connectivity index (χ2n) is 7.76. The topological polar surface area (TPSA) is 66.3 Å². The van der Waals surface area contributed by atoms with Crippen LogP contribution < -0.4 is 5.32 Å². The van der Waals surface area contributed by atoms with Crippen molar-refractivity contribution >= 4 is 17.2 Å². The fourth-order valence-electron chi connectivity index (χ4n) is 4.07. The molecule has 2 aliphatic heterocycles. The van der Waals surface area contributed by atoms with Gasteiger partial charge in [-0.05, 0) is 45.8 Å². The van der Waals surface area contributed by atoms with Gasteiger partial charge in [-0.3, -0.25) is 9.48 Å². The Labute approximate surface area is 164 Å². The lowest BCUT2D eigenvalue weighted by atomic mass is 9.98. The summed E-state index contributed by atoms with van der Waals surface area (Å²) in [4.78, 5) is 22.1. The van der Waals surface area contributed by atoms with Crippen LogP contribution >= 0.6 is 11.3 Å². The summed E-state index contributed by atoms with van der Waals surface area (Å²) in [5, 5.41) is 10.0. The van der Waals surface area contributed by atoms with Crippen LogP contribution in [0.1, 0.15) is 36.2 Å². The minimum absolute atomic E-state index is 0.0564. The number of thiazole rings is 1. The fourth-order valence-corrected chi connectivity index (χ4v) is 4.85. The summed E-state index contributed by atoms with van der Waals surface area (Å²) >= 11 is 1.49. The molecule has 0 bridgehead atoms. The van der Waals surface area contributed by atoms with Crippen LogP contribution in [0.2, 0.25) is 0 Å². The zero-order valence-electron chi connectivity index (χ0n) is 16.1. The van der Waals surface area contributed by atoms with Crippen LogP contribution in [0.25, 0.3) is 10.6 Å². The molecule has 7 nitrogen and oxygen atoms in total. The molecule has 2 fully saturated rings.